The van der Waals surface area contributed by atoms with Gasteiger partial charge in [-0.15, -0.1) is 11.3 Å². The van der Waals surface area contributed by atoms with Crippen LogP contribution in [0.4, 0.5) is 0 Å². The van der Waals surface area contributed by atoms with Crippen LogP contribution in [-0.2, 0) is 14.3 Å². The maximum absolute atomic E-state index is 12.2. The van der Waals surface area contributed by atoms with E-state index in [1.807, 2.05) is 24.3 Å². The zero-order valence-corrected chi connectivity index (χ0v) is 16.2. The van der Waals surface area contributed by atoms with E-state index in [1.165, 1.54) is 23.8 Å². The van der Waals surface area contributed by atoms with Crippen LogP contribution in [0.5, 0.6) is 0 Å². The molecule has 138 valence electrons. The summed E-state index contributed by atoms with van der Waals surface area (Å²) < 4.78 is 6.27. The standard InChI is InChI=1S/C20H22ClNO3S/c1-13(20(24)22-14-7-3-2-4-8-14)25-18(23)12-11-17-19(21)15-9-5-6-10-16(15)26-17/h5-6,9-14H,2-4,7-8H2,1H3,(H,22,24)/b12-11+/t13-/m0/s1. The molecule has 1 aliphatic rings. The maximum Gasteiger partial charge on any atom is 0.331 e. The fourth-order valence-electron chi connectivity index (χ4n) is 3.12. The highest BCUT2D eigenvalue weighted by Crippen LogP contribution is 2.35. The van der Waals surface area contributed by atoms with E-state index in [0.29, 0.717) is 5.02 Å². The Balaban J connectivity index is 1.56. The molecular formula is C20H22ClNO3S. The second-order valence-corrected chi connectivity index (χ2v) is 7.99. The quantitative estimate of drug-likeness (QED) is 0.579. The summed E-state index contributed by atoms with van der Waals surface area (Å²) in [5.41, 5.74) is 0. The van der Waals surface area contributed by atoms with Crippen molar-refractivity contribution in [3.8, 4) is 0 Å². The van der Waals surface area contributed by atoms with Gasteiger partial charge in [-0.3, -0.25) is 4.79 Å². The second kappa shape index (κ2) is 8.69. The molecule has 1 fully saturated rings. The van der Waals surface area contributed by atoms with Crippen LogP contribution in [0.1, 0.15) is 43.9 Å². The van der Waals surface area contributed by atoms with Crippen LogP contribution in [0, 0.1) is 0 Å². The minimum absolute atomic E-state index is 0.199. The van der Waals surface area contributed by atoms with Gasteiger partial charge in [-0.1, -0.05) is 49.1 Å². The van der Waals surface area contributed by atoms with E-state index in [1.54, 1.807) is 13.0 Å². The molecule has 0 spiro atoms. The van der Waals surface area contributed by atoms with Gasteiger partial charge in [0.15, 0.2) is 6.10 Å². The van der Waals surface area contributed by atoms with E-state index < -0.39 is 12.1 Å². The monoisotopic (exact) mass is 391 g/mol. The molecule has 1 heterocycles. The van der Waals surface area contributed by atoms with Gasteiger partial charge >= 0.3 is 5.97 Å². The molecule has 1 N–H and O–H groups in total. The molecule has 0 radical (unpaired) electrons. The van der Waals surface area contributed by atoms with Crippen molar-refractivity contribution < 1.29 is 14.3 Å². The Morgan fingerprint density at radius 3 is 2.73 bits per heavy atom. The summed E-state index contributed by atoms with van der Waals surface area (Å²) in [6.07, 6.45) is 7.64. The van der Waals surface area contributed by atoms with Crippen molar-refractivity contribution in [3.63, 3.8) is 0 Å². The van der Waals surface area contributed by atoms with Crippen molar-refractivity contribution in [1.29, 1.82) is 0 Å². The molecule has 0 saturated heterocycles. The number of amides is 1. The predicted molar refractivity (Wildman–Crippen MR) is 106 cm³/mol. The Morgan fingerprint density at radius 1 is 1.27 bits per heavy atom. The summed E-state index contributed by atoms with van der Waals surface area (Å²) in [6.45, 7) is 1.59. The number of nitrogens with one attached hydrogen (secondary N) is 1. The van der Waals surface area contributed by atoms with E-state index in [2.05, 4.69) is 5.32 Å². The third-order valence-corrected chi connectivity index (χ3v) is 6.20. The molecule has 0 aliphatic heterocycles. The molecule has 1 aromatic carbocycles. The van der Waals surface area contributed by atoms with E-state index >= 15 is 0 Å². The van der Waals surface area contributed by atoms with Crippen LogP contribution in [0.25, 0.3) is 16.2 Å². The molecule has 0 bridgehead atoms. The summed E-state index contributed by atoms with van der Waals surface area (Å²) in [5, 5.41) is 4.55. The van der Waals surface area contributed by atoms with Gasteiger partial charge in [-0.25, -0.2) is 4.79 Å². The van der Waals surface area contributed by atoms with Crippen molar-refractivity contribution in [2.45, 2.75) is 51.2 Å². The summed E-state index contributed by atoms with van der Waals surface area (Å²) in [5.74, 6) is -0.789. The number of hydrogen-bond acceptors (Lipinski definition) is 4. The molecule has 1 amide bonds. The molecule has 2 aromatic rings. The van der Waals surface area contributed by atoms with Gasteiger partial charge in [-0.2, -0.15) is 0 Å². The van der Waals surface area contributed by atoms with Gasteiger partial charge in [0, 0.05) is 27.1 Å². The number of hydrogen-bond donors (Lipinski definition) is 1. The van der Waals surface area contributed by atoms with E-state index in [0.717, 1.165) is 40.6 Å². The van der Waals surface area contributed by atoms with Gasteiger partial charge in [0.25, 0.3) is 5.91 Å². The molecule has 1 atom stereocenters. The number of thiophene rings is 1. The van der Waals surface area contributed by atoms with Gasteiger partial charge < -0.3 is 10.1 Å². The number of rotatable bonds is 5. The third-order valence-electron chi connectivity index (χ3n) is 4.54. The summed E-state index contributed by atoms with van der Waals surface area (Å²) >= 11 is 7.86. The molecule has 6 heteroatoms. The maximum atomic E-state index is 12.2. The summed E-state index contributed by atoms with van der Waals surface area (Å²) in [4.78, 5) is 25.0. The molecule has 26 heavy (non-hydrogen) atoms. The van der Waals surface area contributed by atoms with E-state index in [-0.39, 0.29) is 11.9 Å². The van der Waals surface area contributed by atoms with Crippen molar-refractivity contribution >= 4 is 51.0 Å². The highest BCUT2D eigenvalue weighted by Gasteiger charge is 2.21. The number of fused-ring (bicyclic) bond motifs is 1. The molecule has 3 rings (SSSR count). The fraction of sp³-hybridized carbons (Fsp3) is 0.400. The van der Waals surface area contributed by atoms with E-state index in [9.17, 15) is 9.59 Å². The van der Waals surface area contributed by atoms with Gasteiger partial charge in [0.05, 0.1) is 5.02 Å². The minimum Gasteiger partial charge on any atom is -0.449 e. The van der Waals surface area contributed by atoms with Gasteiger partial charge in [-0.05, 0) is 31.9 Å². The number of benzene rings is 1. The minimum atomic E-state index is -0.813. The van der Waals surface area contributed by atoms with E-state index in [4.69, 9.17) is 16.3 Å². The van der Waals surface area contributed by atoms with Gasteiger partial charge in [0.1, 0.15) is 0 Å². The average molecular weight is 392 g/mol. The second-order valence-electron chi connectivity index (χ2n) is 6.53. The third kappa shape index (κ3) is 4.65. The predicted octanol–water partition coefficient (Wildman–Crippen LogP) is 4.95. The Bertz CT molecular complexity index is 824. The zero-order valence-electron chi connectivity index (χ0n) is 14.7. The number of ether oxygens (including phenoxy) is 1. The van der Waals surface area contributed by atoms with Crippen LogP contribution in [0.15, 0.2) is 30.3 Å². The lowest BCUT2D eigenvalue weighted by Crippen LogP contribution is -2.42. The Labute approximate surface area is 162 Å². The first kappa shape index (κ1) is 18.9. The molecule has 1 aliphatic carbocycles. The first-order chi connectivity index (χ1) is 12.5. The van der Waals surface area contributed by atoms with Crippen LogP contribution in [-0.4, -0.2) is 24.0 Å². The Kier molecular flexibility index (Phi) is 6.33. The highest BCUT2D eigenvalue weighted by atomic mass is 35.5. The SMILES string of the molecule is C[C@H](OC(=O)/C=C/c1sc2ccccc2c1Cl)C(=O)NC1CCCCC1. The van der Waals surface area contributed by atoms with Crippen LogP contribution in [0.2, 0.25) is 5.02 Å². The molecule has 0 unspecified atom stereocenters. The lowest BCUT2D eigenvalue weighted by Gasteiger charge is -2.24. The van der Waals surface area contributed by atoms with Crippen molar-refractivity contribution in [2.75, 3.05) is 0 Å². The topological polar surface area (TPSA) is 55.4 Å². The number of carbonyl (C=O) groups is 2. The van der Waals surface area contributed by atoms with Crippen LogP contribution < -0.4 is 5.32 Å². The largest absolute Gasteiger partial charge is 0.449 e. The first-order valence-electron chi connectivity index (χ1n) is 8.90. The number of carbonyl (C=O) groups excluding carboxylic acids is 2. The lowest BCUT2D eigenvalue weighted by molar-refractivity contribution is -0.150. The zero-order chi connectivity index (χ0) is 18.5. The lowest BCUT2D eigenvalue weighted by atomic mass is 9.95. The smallest absolute Gasteiger partial charge is 0.331 e. The fourth-order valence-corrected chi connectivity index (χ4v) is 4.52. The molecule has 4 nitrogen and oxygen atoms in total. The normalized spacial score (nSPS) is 16.7. The van der Waals surface area contributed by atoms with Crippen molar-refractivity contribution in [3.05, 3.63) is 40.2 Å². The van der Waals surface area contributed by atoms with Gasteiger partial charge in [0.2, 0.25) is 0 Å². The Morgan fingerprint density at radius 2 is 2.00 bits per heavy atom. The Hall–Kier alpha value is -1.85. The van der Waals surface area contributed by atoms with Crippen molar-refractivity contribution in [2.24, 2.45) is 0 Å². The molecule has 1 aromatic heterocycles. The van der Waals surface area contributed by atoms with Crippen molar-refractivity contribution in [1.82, 2.24) is 5.32 Å². The molecule has 1 saturated carbocycles. The number of esters is 1. The first-order valence-corrected chi connectivity index (χ1v) is 10.1. The summed E-state index contributed by atoms with van der Waals surface area (Å²) in [7, 11) is 0. The van der Waals surface area contributed by atoms with Crippen LogP contribution in [0.3, 0.4) is 0 Å². The van der Waals surface area contributed by atoms with Crippen LogP contribution >= 0.6 is 22.9 Å². The number of halogens is 1. The summed E-state index contributed by atoms with van der Waals surface area (Å²) in [6, 6.07) is 8.00. The average Bonchev–Trinajstić information content (AvgIpc) is 2.97. The molecular weight excluding hydrogens is 370 g/mol. The highest BCUT2D eigenvalue weighted by molar-refractivity contribution is 7.20.